The zero-order valence-corrected chi connectivity index (χ0v) is 15.3. The Labute approximate surface area is 159 Å². The van der Waals surface area contributed by atoms with Crippen LogP contribution >= 0.6 is 0 Å². The molecule has 0 aliphatic rings. The number of amides is 3. The maximum absolute atomic E-state index is 13.2. The number of alkyl halides is 3. The van der Waals surface area contributed by atoms with Gasteiger partial charge in [0, 0.05) is 13.5 Å². The molecule has 0 spiro atoms. The maximum atomic E-state index is 13.2. The zero-order chi connectivity index (χ0) is 21.3. The van der Waals surface area contributed by atoms with Crippen LogP contribution in [0.1, 0.15) is 18.9 Å². The number of nitrogens with one attached hydrogen (secondary N) is 4. The second kappa shape index (κ2) is 10.6. The number of halogens is 3. The summed E-state index contributed by atoms with van der Waals surface area (Å²) in [6.45, 7) is 1.10. The Hall–Kier alpha value is -2.66. The van der Waals surface area contributed by atoms with E-state index in [1.165, 1.54) is 12.5 Å². The van der Waals surface area contributed by atoms with E-state index in [-0.39, 0.29) is 6.42 Å². The molecule has 11 heteroatoms. The van der Waals surface area contributed by atoms with Crippen molar-refractivity contribution in [3.8, 4) is 0 Å². The first-order chi connectivity index (χ1) is 13.1. The van der Waals surface area contributed by atoms with Crippen molar-refractivity contribution in [1.29, 1.82) is 0 Å². The highest BCUT2D eigenvalue weighted by atomic mass is 19.4. The van der Waals surface area contributed by atoms with Crippen molar-refractivity contribution in [1.82, 2.24) is 21.4 Å². The third-order valence-corrected chi connectivity index (χ3v) is 3.92. The van der Waals surface area contributed by atoms with Gasteiger partial charge in [-0.2, -0.15) is 13.2 Å². The van der Waals surface area contributed by atoms with Crippen LogP contribution in [-0.2, 0) is 20.8 Å². The SMILES string of the molecule is CNC(=O)[C@H](Cc1ccccc1)NC(=O)CC(N[C@@H](C)C(=O)NO)C(F)(F)F. The minimum absolute atomic E-state index is 0.0969. The summed E-state index contributed by atoms with van der Waals surface area (Å²) in [5.41, 5.74) is 1.95. The van der Waals surface area contributed by atoms with Crippen molar-refractivity contribution >= 4 is 17.7 Å². The Morgan fingerprint density at radius 2 is 1.71 bits per heavy atom. The van der Waals surface area contributed by atoms with Gasteiger partial charge in [-0.3, -0.25) is 24.9 Å². The fourth-order valence-electron chi connectivity index (χ4n) is 2.42. The molecule has 0 heterocycles. The van der Waals surface area contributed by atoms with Gasteiger partial charge >= 0.3 is 6.18 Å². The molecule has 156 valence electrons. The van der Waals surface area contributed by atoms with Crippen molar-refractivity contribution in [2.24, 2.45) is 0 Å². The summed E-state index contributed by atoms with van der Waals surface area (Å²) in [4.78, 5) is 35.4. The van der Waals surface area contributed by atoms with E-state index in [1.54, 1.807) is 30.3 Å². The Kier molecular flexibility index (Phi) is 8.86. The van der Waals surface area contributed by atoms with Gasteiger partial charge in [0.1, 0.15) is 12.1 Å². The molecular formula is C17H23F3N4O4. The van der Waals surface area contributed by atoms with E-state index < -0.39 is 48.4 Å². The van der Waals surface area contributed by atoms with Crippen LogP contribution < -0.4 is 21.4 Å². The van der Waals surface area contributed by atoms with Crippen LogP contribution in [0.4, 0.5) is 13.2 Å². The molecule has 0 aliphatic carbocycles. The molecule has 0 radical (unpaired) electrons. The van der Waals surface area contributed by atoms with Gasteiger partial charge in [0.05, 0.1) is 12.5 Å². The summed E-state index contributed by atoms with van der Waals surface area (Å²) in [5.74, 6) is -2.65. The molecule has 5 N–H and O–H groups in total. The van der Waals surface area contributed by atoms with Crippen LogP contribution in [0.25, 0.3) is 0 Å². The van der Waals surface area contributed by atoms with Gasteiger partial charge in [-0.05, 0) is 12.5 Å². The number of carbonyl (C=O) groups is 3. The lowest BCUT2D eigenvalue weighted by Gasteiger charge is -2.25. The standard InChI is InChI=1S/C17H23F3N4O4/c1-10(15(26)24-28)22-13(17(18,19)20)9-14(25)23-12(16(27)21-2)8-11-6-4-3-5-7-11/h3-7,10,12-13,22,28H,8-9H2,1-2H3,(H,21,27)(H,23,25)(H,24,26)/t10-,12-,13?/m0/s1. The largest absolute Gasteiger partial charge is 0.404 e. The molecule has 1 unspecified atom stereocenters. The number of likely N-dealkylation sites (N-methyl/N-ethyl adjacent to an activating group) is 1. The molecule has 0 aromatic heterocycles. The molecular weight excluding hydrogens is 381 g/mol. The summed E-state index contributed by atoms with van der Waals surface area (Å²) in [6.07, 6.45) is -5.78. The predicted octanol–water partition coefficient (Wildman–Crippen LogP) is 0.264. The van der Waals surface area contributed by atoms with Crippen LogP contribution in [0.5, 0.6) is 0 Å². The number of hydroxylamine groups is 1. The smallest absolute Gasteiger partial charge is 0.357 e. The first kappa shape index (κ1) is 23.4. The van der Waals surface area contributed by atoms with E-state index in [0.717, 1.165) is 12.5 Å². The van der Waals surface area contributed by atoms with E-state index in [1.807, 2.05) is 5.32 Å². The lowest BCUT2D eigenvalue weighted by molar-refractivity contribution is -0.165. The molecule has 0 fully saturated rings. The number of rotatable bonds is 9. The van der Waals surface area contributed by atoms with E-state index >= 15 is 0 Å². The average molecular weight is 404 g/mol. The second-order valence-corrected chi connectivity index (χ2v) is 6.09. The Bertz CT molecular complexity index is 670. The Morgan fingerprint density at radius 3 is 2.21 bits per heavy atom. The molecule has 0 saturated carbocycles. The highest BCUT2D eigenvalue weighted by Crippen LogP contribution is 2.23. The first-order valence-electron chi connectivity index (χ1n) is 8.40. The van der Waals surface area contributed by atoms with Crippen LogP contribution in [-0.4, -0.2) is 54.3 Å². The van der Waals surface area contributed by atoms with Crippen LogP contribution in [0, 0.1) is 0 Å². The van der Waals surface area contributed by atoms with E-state index in [0.29, 0.717) is 0 Å². The quantitative estimate of drug-likeness (QED) is 0.299. The van der Waals surface area contributed by atoms with Crippen molar-refractivity contribution in [3.63, 3.8) is 0 Å². The third kappa shape index (κ3) is 7.53. The molecule has 0 saturated heterocycles. The maximum Gasteiger partial charge on any atom is 0.404 e. The highest BCUT2D eigenvalue weighted by molar-refractivity contribution is 5.88. The minimum atomic E-state index is -4.83. The molecule has 8 nitrogen and oxygen atoms in total. The molecule has 1 rings (SSSR count). The van der Waals surface area contributed by atoms with Crippen LogP contribution in [0.15, 0.2) is 30.3 Å². The number of carbonyl (C=O) groups excluding carboxylic acids is 3. The molecule has 28 heavy (non-hydrogen) atoms. The lowest BCUT2D eigenvalue weighted by Crippen LogP contribution is -2.54. The summed E-state index contributed by atoms with van der Waals surface area (Å²) < 4.78 is 39.6. The van der Waals surface area contributed by atoms with E-state index in [9.17, 15) is 27.6 Å². The van der Waals surface area contributed by atoms with Gasteiger partial charge in [-0.25, -0.2) is 5.48 Å². The molecule has 0 bridgehead atoms. The molecule has 1 aromatic rings. The van der Waals surface area contributed by atoms with Gasteiger partial charge in [0.15, 0.2) is 0 Å². The zero-order valence-electron chi connectivity index (χ0n) is 15.3. The summed E-state index contributed by atoms with van der Waals surface area (Å²) in [5, 5.41) is 15.1. The normalized spacial score (nSPS) is 14.5. The average Bonchev–Trinajstić information content (AvgIpc) is 2.65. The van der Waals surface area contributed by atoms with E-state index in [2.05, 4.69) is 10.6 Å². The number of hydrogen-bond donors (Lipinski definition) is 5. The third-order valence-electron chi connectivity index (χ3n) is 3.92. The van der Waals surface area contributed by atoms with Crippen LogP contribution in [0.2, 0.25) is 0 Å². The van der Waals surface area contributed by atoms with Gasteiger partial charge in [-0.1, -0.05) is 30.3 Å². The van der Waals surface area contributed by atoms with Gasteiger partial charge in [0.25, 0.3) is 5.91 Å². The summed E-state index contributed by atoms with van der Waals surface area (Å²) in [6, 6.07) is 3.86. The van der Waals surface area contributed by atoms with Crippen LogP contribution in [0.3, 0.4) is 0 Å². The fourth-order valence-corrected chi connectivity index (χ4v) is 2.42. The summed E-state index contributed by atoms with van der Waals surface area (Å²) in [7, 11) is 1.35. The number of hydrogen-bond acceptors (Lipinski definition) is 5. The molecule has 3 atom stereocenters. The van der Waals surface area contributed by atoms with Gasteiger partial charge in [-0.15, -0.1) is 0 Å². The number of benzene rings is 1. The van der Waals surface area contributed by atoms with E-state index in [4.69, 9.17) is 5.21 Å². The second-order valence-electron chi connectivity index (χ2n) is 6.09. The topological polar surface area (TPSA) is 120 Å². The first-order valence-corrected chi connectivity index (χ1v) is 8.40. The lowest BCUT2D eigenvalue weighted by atomic mass is 10.0. The molecule has 0 aliphatic heterocycles. The highest BCUT2D eigenvalue weighted by Gasteiger charge is 2.42. The Balaban J connectivity index is 2.83. The van der Waals surface area contributed by atoms with Crippen molar-refractivity contribution < 1.29 is 32.8 Å². The Morgan fingerprint density at radius 1 is 1.11 bits per heavy atom. The predicted molar refractivity (Wildman–Crippen MR) is 93.1 cm³/mol. The minimum Gasteiger partial charge on any atom is -0.357 e. The van der Waals surface area contributed by atoms with Gasteiger partial charge < -0.3 is 10.6 Å². The van der Waals surface area contributed by atoms with Crippen molar-refractivity contribution in [3.05, 3.63) is 35.9 Å². The van der Waals surface area contributed by atoms with Crippen molar-refractivity contribution in [2.75, 3.05) is 7.05 Å². The molecule has 3 amide bonds. The molecule has 1 aromatic carbocycles. The summed E-state index contributed by atoms with van der Waals surface area (Å²) >= 11 is 0. The van der Waals surface area contributed by atoms with Crippen molar-refractivity contribution in [2.45, 2.75) is 44.1 Å². The van der Waals surface area contributed by atoms with Gasteiger partial charge in [0.2, 0.25) is 11.8 Å². The monoisotopic (exact) mass is 404 g/mol. The fraction of sp³-hybridized carbons (Fsp3) is 0.471.